The van der Waals surface area contributed by atoms with Gasteiger partial charge in [-0.25, -0.2) is 0 Å². The summed E-state index contributed by atoms with van der Waals surface area (Å²) in [5.41, 5.74) is 2.84. The van der Waals surface area contributed by atoms with Crippen molar-refractivity contribution in [3.63, 3.8) is 0 Å². The molecular formula is C22H24Cl2N4OS. The molecule has 0 aliphatic heterocycles. The number of aryl methyl sites for hydroxylation is 1. The van der Waals surface area contributed by atoms with Crippen molar-refractivity contribution in [1.29, 1.82) is 0 Å². The Kier molecular flexibility index (Phi) is 7.45. The summed E-state index contributed by atoms with van der Waals surface area (Å²) in [6.45, 7) is 6.13. The summed E-state index contributed by atoms with van der Waals surface area (Å²) in [6, 6.07) is 13.0. The summed E-state index contributed by atoms with van der Waals surface area (Å²) in [4.78, 5) is 12.8. The van der Waals surface area contributed by atoms with Gasteiger partial charge in [0.25, 0.3) is 5.91 Å². The van der Waals surface area contributed by atoms with E-state index in [1.165, 1.54) is 11.1 Å². The Labute approximate surface area is 191 Å². The van der Waals surface area contributed by atoms with Crippen LogP contribution in [0.25, 0.3) is 0 Å². The van der Waals surface area contributed by atoms with Crippen LogP contribution in [-0.2, 0) is 12.8 Å². The number of aromatic nitrogens is 3. The standard InChI is InChI=1S/C22H24Cl2N4OS/c1-13(2)19(25-21(29)17-10-9-16(23)11-18(17)24)20-26-27-22(28(20)4)30-12-15-7-5-14(3)6-8-15/h5-11,13,19H,12H2,1-4H3,(H,25,29)/t19-/m0/s1. The quantitative estimate of drug-likeness (QED) is 0.447. The fourth-order valence-corrected chi connectivity index (χ4v) is 4.35. The second-order valence-corrected chi connectivity index (χ2v) is 9.28. The number of hydrogen-bond donors (Lipinski definition) is 1. The topological polar surface area (TPSA) is 59.8 Å². The average Bonchev–Trinajstić information content (AvgIpc) is 3.05. The van der Waals surface area contributed by atoms with Crippen molar-refractivity contribution < 1.29 is 4.79 Å². The normalized spacial score (nSPS) is 12.2. The van der Waals surface area contributed by atoms with Gasteiger partial charge in [-0.15, -0.1) is 10.2 Å². The molecule has 0 aliphatic rings. The molecule has 30 heavy (non-hydrogen) atoms. The third-order valence-corrected chi connectivity index (χ3v) is 6.40. The Morgan fingerprint density at radius 2 is 1.83 bits per heavy atom. The van der Waals surface area contributed by atoms with Gasteiger partial charge in [0.05, 0.1) is 16.6 Å². The van der Waals surface area contributed by atoms with Gasteiger partial charge in [-0.05, 0) is 36.6 Å². The lowest BCUT2D eigenvalue weighted by molar-refractivity contribution is 0.0922. The third-order valence-electron chi connectivity index (χ3n) is 4.76. The van der Waals surface area contributed by atoms with Crippen LogP contribution in [-0.4, -0.2) is 20.7 Å². The summed E-state index contributed by atoms with van der Waals surface area (Å²) in [5.74, 6) is 1.34. The second-order valence-electron chi connectivity index (χ2n) is 7.49. The summed E-state index contributed by atoms with van der Waals surface area (Å²) < 4.78 is 1.94. The van der Waals surface area contributed by atoms with Crippen LogP contribution in [0.2, 0.25) is 10.0 Å². The minimum atomic E-state index is -0.310. The molecule has 0 aliphatic carbocycles. The Balaban J connectivity index is 1.76. The number of nitrogens with one attached hydrogen (secondary N) is 1. The highest BCUT2D eigenvalue weighted by Gasteiger charge is 2.26. The number of carbonyl (C=O) groups excluding carboxylic acids is 1. The van der Waals surface area contributed by atoms with Crippen molar-refractivity contribution in [2.45, 2.75) is 37.7 Å². The number of amides is 1. The first-order chi connectivity index (χ1) is 14.3. The van der Waals surface area contributed by atoms with E-state index in [-0.39, 0.29) is 17.9 Å². The predicted octanol–water partition coefficient (Wildman–Crippen LogP) is 5.85. The molecule has 1 aromatic heterocycles. The van der Waals surface area contributed by atoms with E-state index in [4.69, 9.17) is 23.2 Å². The molecule has 0 unspecified atom stereocenters. The molecule has 8 heteroatoms. The average molecular weight is 463 g/mol. The molecule has 0 bridgehead atoms. The Morgan fingerprint density at radius 3 is 2.47 bits per heavy atom. The van der Waals surface area contributed by atoms with E-state index in [0.717, 1.165) is 10.9 Å². The van der Waals surface area contributed by atoms with Crippen molar-refractivity contribution in [3.05, 3.63) is 75.0 Å². The second kappa shape index (κ2) is 9.86. The van der Waals surface area contributed by atoms with Crippen LogP contribution in [0.4, 0.5) is 0 Å². The van der Waals surface area contributed by atoms with E-state index in [9.17, 15) is 4.79 Å². The molecule has 0 fully saturated rings. The van der Waals surface area contributed by atoms with Gasteiger partial charge in [0.15, 0.2) is 11.0 Å². The summed E-state index contributed by atoms with van der Waals surface area (Å²) in [7, 11) is 1.92. The molecule has 1 N–H and O–H groups in total. The number of carbonyl (C=O) groups is 1. The van der Waals surface area contributed by atoms with Gasteiger partial charge in [0, 0.05) is 17.8 Å². The van der Waals surface area contributed by atoms with Gasteiger partial charge in [0.1, 0.15) is 0 Å². The van der Waals surface area contributed by atoms with Crippen molar-refractivity contribution in [3.8, 4) is 0 Å². The summed E-state index contributed by atoms with van der Waals surface area (Å²) in [5, 5.41) is 13.4. The zero-order chi connectivity index (χ0) is 21.8. The van der Waals surface area contributed by atoms with Crippen LogP contribution < -0.4 is 5.32 Å². The summed E-state index contributed by atoms with van der Waals surface area (Å²) >= 11 is 13.8. The SMILES string of the molecule is Cc1ccc(CSc2nnc([C@@H](NC(=O)c3ccc(Cl)cc3Cl)C(C)C)n2C)cc1. The minimum absolute atomic E-state index is 0.109. The van der Waals surface area contributed by atoms with Crippen LogP contribution in [0.3, 0.4) is 0 Å². The van der Waals surface area contributed by atoms with E-state index in [0.29, 0.717) is 21.4 Å². The van der Waals surface area contributed by atoms with Crippen molar-refractivity contribution >= 4 is 40.9 Å². The van der Waals surface area contributed by atoms with Gasteiger partial charge >= 0.3 is 0 Å². The molecule has 1 atom stereocenters. The van der Waals surface area contributed by atoms with E-state index in [2.05, 4.69) is 46.7 Å². The fraction of sp³-hybridized carbons (Fsp3) is 0.318. The first-order valence-electron chi connectivity index (χ1n) is 9.59. The highest BCUT2D eigenvalue weighted by molar-refractivity contribution is 7.98. The van der Waals surface area contributed by atoms with E-state index >= 15 is 0 Å². The van der Waals surface area contributed by atoms with E-state index < -0.39 is 0 Å². The van der Waals surface area contributed by atoms with Gasteiger partial charge in [0.2, 0.25) is 0 Å². The molecule has 2 aromatic carbocycles. The Hall–Kier alpha value is -2.02. The number of nitrogens with zero attached hydrogens (tertiary/aromatic N) is 3. The van der Waals surface area contributed by atoms with Crippen molar-refractivity contribution in [2.24, 2.45) is 13.0 Å². The van der Waals surface area contributed by atoms with Crippen LogP contribution in [0.5, 0.6) is 0 Å². The number of benzene rings is 2. The largest absolute Gasteiger partial charge is 0.342 e. The third kappa shape index (κ3) is 5.36. The molecule has 0 saturated carbocycles. The lowest BCUT2D eigenvalue weighted by atomic mass is 10.0. The highest BCUT2D eigenvalue weighted by Crippen LogP contribution is 2.27. The molecule has 158 valence electrons. The maximum atomic E-state index is 12.8. The zero-order valence-electron chi connectivity index (χ0n) is 17.3. The first kappa shape index (κ1) is 22.7. The monoisotopic (exact) mass is 462 g/mol. The van der Waals surface area contributed by atoms with Gasteiger partial charge < -0.3 is 9.88 Å². The maximum Gasteiger partial charge on any atom is 0.253 e. The predicted molar refractivity (Wildman–Crippen MR) is 123 cm³/mol. The van der Waals surface area contributed by atoms with Crippen LogP contribution in [0, 0.1) is 12.8 Å². The lowest BCUT2D eigenvalue weighted by Gasteiger charge is -2.22. The molecule has 0 radical (unpaired) electrons. The number of thioether (sulfide) groups is 1. The molecule has 1 heterocycles. The number of hydrogen-bond acceptors (Lipinski definition) is 4. The Morgan fingerprint density at radius 1 is 1.13 bits per heavy atom. The molecule has 5 nitrogen and oxygen atoms in total. The Bertz CT molecular complexity index is 1030. The lowest BCUT2D eigenvalue weighted by Crippen LogP contribution is -2.33. The van der Waals surface area contributed by atoms with Crippen molar-refractivity contribution in [1.82, 2.24) is 20.1 Å². The zero-order valence-corrected chi connectivity index (χ0v) is 19.6. The maximum absolute atomic E-state index is 12.8. The highest BCUT2D eigenvalue weighted by atomic mass is 35.5. The number of rotatable bonds is 7. The molecule has 3 rings (SSSR count). The molecule has 3 aromatic rings. The molecule has 0 saturated heterocycles. The molecular weight excluding hydrogens is 439 g/mol. The summed E-state index contributed by atoms with van der Waals surface area (Å²) in [6.07, 6.45) is 0. The van der Waals surface area contributed by atoms with Crippen LogP contribution in [0.1, 0.15) is 47.2 Å². The van der Waals surface area contributed by atoms with Crippen LogP contribution >= 0.6 is 35.0 Å². The van der Waals surface area contributed by atoms with E-state index in [1.54, 1.807) is 30.0 Å². The van der Waals surface area contributed by atoms with Crippen LogP contribution in [0.15, 0.2) is 47.6 Å². The van der Waals surface area contributed by atoms with Gasteiger partial charge in [-0.2, -0.15) is 0 Å². The van der Waals surface area contributed by atoms with E-state index in [1.807, 2.05) is 25.5 Å². The molecule has 0 spiro atoms. The molecule has 1 amide bonds. The number of halogens is 2. The minimum Gasteiger partial charge on any atom is -0.342 e. The van der Waals surface area contributed by atoms with Crippen molar-refractivity contribution in [2.75, 3.05) is 0 Å². The van der Waals surface area contributed by atoms with Gasteiger partial charge in [-0.1, -0.05) is 78.6 Å². The fourth-order valence-electron chi connectivity index (χ4n) is 2.98. The smallest absolute Gasteiger partial charge is 0.253 e. The van der Waals surface area contributed by atoms with Gasteiger partial charge in [-0.3, -0.25) is 4.79 Å². The first-order valence-corrected chi connectivity index (χ1v) is 11.3.